The van der Waals surface area contributed by atoms with Crippen LogP contribution in [0.2, 0.25) is 0 Å². The smallest absolute Gasteiger partial charge is 0.120 e. The molecule has 31 heavy (non-hydrogen) atoms. The lowest BCUT2D eigenvalue weighted by atomic mass is 9.52. The molecule has 0 amide bonds. The van der Waals surface area contributed by atoms with Crippen molar-refractivity contribution >= 4 is 0 Å². The molecule has 5 nitrogen and oxygen atoms in total. The van der Waals surface area contributed by atoms with E-state index in [0.717, 1.165) is 37.0 Å². The number of ether oxygens (including phenoxy) is 1. The van der Waals surface area contributed by atoms with Crippen molar-refractivity contribution in [2.24, 2.45) is 11.3 Å². The minimum Gasteiger partial charge on any atom is -0.508 e. The third-order valence-electron chi connectivity index (χ3n) is 8.67. The maximum Gasteiger partial charge on any atom is 0.120 e. The van der Waals surface area contributed by atoms with Crippen molar-refractivity contribution in [3.05, 3.63) is 59.2 Å². The van der Waals surface area contributed by atoms with Gasteiger partial charge in [0.1, 0.15) is 11.5 Å². The lowest BCUT2D eigenvalue weighted by Crippen LogP contribution is -2.64. The highest BCUT2D eigenvalue weighted by atomic mass is 16.5. The Morgan fingerprint density at radius 3 is 2.74 bits per heavy atom. The van der Waals surface area contributed by atoms with Crippen LogP contribution in [0.1, 0.15) is 55.2 Å². The average molecular weight is 424 g/mol. The Balaban J connectivity index is 1.47. The van der Waals surface area contributed by atoms with Crippen LogP contribution in [0.25, 0.3) is 0 Å². The van der Waals surface area contributed by atoms with Gasteiger partial charge in [0.15, 0.2) is 0 Å². The second kappa shape index (κ2) is 7.51. The van der Waals surface area contributed by atoms with Gasteiger partial charge in [0, 0.05) is 23.6 Å². The molecule has 0 saturated heterocycles. The van der Waals surface area contributed by atoms with E-state index < -0.39 is 17.1 Å². The molecular weight excluding hydrogens is 390 g/mol. The van der Waals surface area contributed by atoms with E-state index in [0.29, 0.717) is 13.0 Å². The van der Waals surface area contributed by atoms with Crippen LogP contribution >= 0.6 is 0 Å². The highest BCUT2D eigenvalue weighted by molar-refractivity contribution is 5.42. The third-order valence-corrected chi connectivity index (χ3v) is 8.67. The number of aromatic hydroxyl groups is 1. The fraction of sp³-hybridized carbons (Fsp3) is 0.538. The maximum atomic E-state index is 12.4. The zero-order valence-corrected chi connectivity index (χ0v) is 18.3. The lowest BCUT2D eigenvalue weighted by Gasteiger charge is -2.57. The normalized spacial score (nSPS) is 36.4. The topological polar surface area (TPSA) is 82.0 Å². The molecule has 2 aromatic rings. The number of nitrogens with one attached hydrogen (secondary N) is 1. The van der Waals surface area contributed by atoms with Crippen LogP contribution in [0.3, 0.4) is 0 Å². The van der Waals surface area contributed by atoms with Crippen molar-refractivity contribution < 1.29 is 20.1 Å². The summed E-state index contributed by atoms with van der Waals surface area (Å²) in [6, 6.07) is 13.4. The Labute approximate surface area is 184 Å². The standard InChI is InChI=1S/C26H33NO4/c1-25-12-11-20-19-9-8-18(31-2)13-16(19)7-10-21(20)26(25,30)23(14-24(25)29)27-15-17-5-3-4-6-22(17)28/h3-6,8-9,13,20-21,23-24,27-30H,7,10-12,14-15H2,1-2H3/t20?,21?,23-,24-,25+,26+/m0/s1. The summed E-state index contributed by atoms with van der Waals surface area (Å²) < 4.78 is 5.42. The zero-order valence-electron chi connectivity index (χ0n) is 18.3. The monoisotopic (exact) mass is 423 g/mol. The van der Waals surface area contributed by atoms with Gasteiger partial charge in [0.25, 0.3) is 0 Å². The minimum absolute atomic E-state index is 0.0890. The van der Waals surface area contributed by atoms with E-state index >= 15 is 0 Å². The number of rotatable bonds is 4. The number of aryl methyl sites for hydroxylation is 1. The molecule has 0 aliphatic heterocycles. The van der Waals surface area contributed by atoms with Gasteiger partial charge in [-0.15, -0.1) is 0 Å². The first-order valence-corrected chi connectivity index (χ1v) is 11.5. The van der Waals surface area contributed by atoms with Gasteiger partial charge in [0.05, 0.1) is 18.8 Å². The van der Waals surface area contributed by atoms with E-state index in [-0.39, 0.29) is 23.6 Å². The minimum atomic E-state index is -1.00. The molecule has 2 saturated carbocycles. The summed E-state index contributed by atoms with van der Waals surface area (Å²) in [4.78, 5) is 0. The highest BCUT2D eigenvalue weighted by Gasteiger charge is 2.68. The molecule has 2 aromatic carbocycles. The number of aliphatic hydroxyl groups is 2. The predicted octanol–water partition coefficient (Wildman–Crippen LogP) is 3.50. The molecule has 0 aromatic heterocycles. The Hall–Kier alpha value is -2.08. The highest BCUT2D eigenvalue weighted by Crippen LogP contribution is 2.63. The molecule has 0 bridgehead atoms. The Morgan fingerprint density at radius 1 is 1.16 bits per heavy atom. The van der Waals surface area contributed by atoms with Crippen molar-refractivity contribution in [1.29, 1.82) is 0 Å². The van der Waals surface area contributed by atoms with E-state index in [1.165, 1.54) is 11.1 Å². The Bertz CT molecular complexity index is 978. The summed E-state index contributed by atoms with van der Waals surface area (Å²) in [5.41, 5.74) is 1.92. The SMILES string of the molecule is COc1ccc2c(c1)CCC1C2CC[C@]2(C)[C@@H](O)C[C@H](NCc3ccccc3O)[C@]12O. The van der Waals surface area contributed by atoms with Gasteiger partial charge in [-0.2, -0.15) is 0 Å². The van der Waals surface area contributed by atoms with Gasteiger partial charge in [-0.25, -0.2) is 0 Å². The number of fused-ring (bicyclic) bond motifs is 5. The molecule has 2 fully saturated rings. The number of phenolic OH excluding ortho intramolecular Hbond substituents is 1. The van der Waals surface area contributed by atoms with Crippen molar-refractivity contribution in [3.8, 4) is 11.5 Å². The molecule has 6 atom stereocenters. The fourth-order valence-electron chi connectivity index (χ4n) is 6.86. The second-order valence-electron chi connectivity index (χ2n) is 9.91. The Morgan fingerprint density at radius 2 is 1.97 bits per heavy atom. The van der Waals surface area contributed by atoms with E-state index in [1.54, 1.807) is 13.2 Å². The van der Waals surface area contributed by atoms with E-state index in [1.807, 2.05) is 24.3 Å². The first kappa shape index (κ1) is 20.8. The molecule has 4 N–H and O–H groups in total. The number of hydrogen-bond donors (Lipinski definition) is 4. The quantitative estimate of drug-likeness (QED) is 0.605. The Kier molecular flexibility index (Phi) is 5.04. The number of hydrogen-bond acceptors (Lipinski definition) is 5. The van der Waals surface area contributed by atoms with Crippen molar-refractivity contribution in [1.82, 2.24) is 5.32 Å². The van der Waals surface area contributed by atoms with Gasteiger partial charge >= 0.3 is 0 Å². The lowest BCUT2D eigenvalue weighted by molar-refractivity contribution is -0.172. The summed E-state index contributed by atoms with van der Waals surface area (Å²) >= 11 is 0. The summed E-state index contributed by atoms with van der Waals surface area (Å²) in [5, 5.41) is 37.1. The third kappa shape index (κ3) is 3.01. The second-order valence-corrected chi connectivity index (χ2v) is 9.91. The van der Waals surface area contributed by atoms with E-state index in [9.17, 15) is 15.3 Å². The number of phenols is 1. The largest absolute Gasteiger partial charge is 0.508 e. The van der Waals surface area contributed by atoms with E-state index in [4.69, 9.17) is 4.74 Å². The molecule has 0 spiro atoms. The molecule has 3 aliphatic carbocycles. The molecule has 5 rings (SSSR count). The van der Waals surface area contributed by atoms with Crippen LogP contribution in [0.5, 0.6) is 11.5 Å². The number of para-hydroxylation sites is 1. The van der Waals surface area contributed by atoms with E-state index in [2.05, 4.69) is 24.4 Å². The summed E-state index contributed by atoms with van der Waals surface area (Å²) in [6.45, 7) is 2.53. The first-order valence-electron chi connectivity index (χ1n) is 11.5. The van der Waals surface area contributed by atoms with Gasteiger partial charge in [0.2, 0.25) is 0 Å². The maximum absolute atomic E-state index is 12.4. The van der Waals surface area contributed by atoms with Gasteiger partial charge < -0.3 is 25.4 Å². The molecule has 3 aliphatic rings. The molecule has 0 heterocycles. The molecule has 2 unspecified atom stereocenters. The van der Waals surface area contributed by atoms with Gasteiger partial charge in [-0.05, 0) is 73.3 Å². The van der Waals surface area contributed by atoms with Crippen LogP contribution in [-0.4, -0.2) is 40.2 Å². The average Bonchev–Trinajstić information content (AvgIpc) is 2.98. The van der Waals surface area contributed by atoms with Crippen LogP contribution in [0.4, 0.5) is 0 Å². The summed E-state index contributed by atoms with van der Waals surface area (Å²) in [7, 11) is 1.70. The zero-order chi connectivity index (χ0) is 21.8. The van der Waals surface area contributed by atoms with Crippen LogP contribution < -0.4 is 10.1 Å². The van der Waals surface area contributed by atoms with Crippen molar-refractivity contribution in [2.45, 2.75) is 69.2 Å². The number of methoxy groups -OCH3 is 1. The first-order chi connectivity index (χ1) is 14.9. The fourth-order valence-corrected chi connectivity index (χ4v) is 6.86. The predicted molar refractivity (Wildman–Crippen MR) is 119 cm³/mol. The van der Waals surface area contributed by atoms with Gasteiger partial charge in [-0.3, -0.25) is 0 Å². The molecule has 166 valence electrons. The molecular formula is C26H33NO4. The molecule has 0 radical (unpaired) electrons. The number of benzene rings is 2. The van der Waals surface area contributed by atoms with Crippen molar-refractivity contribution in [3.63, 3.8) is 0 Å². The summed E-state index contributed by atoms with van der Waals surface area (Å²) in [6.07, 6.45) is 3.57. The summed E-state index contributed by atoms with van der Waals surface area (Å²) in [5.74, 6) is 1.51. The number of aliphatic hydroxyl groups excluding tert-OH is 1. The van der Waals surface area contributed by atoms with Crippen LogP contribution in [0.15, 0.2) is 42.5 Å². The van der Waals surface area contributed by atoms with Crippen LogP contribution in [-0.2, 0) is 13.0 Å². The van der Waals surface area contributed by atoms with Crippen LogP contribution in [0, 0.1) is 11.3 Å². The van der Waals surface area contributed by atoms with Crippen molar-refractivity contribution in [2.75, 3.05) is 7.11 Å². The van der Waals surface area contributed by atoms with Gasteiger partial charge in [-0.1, -0.05) is 31.2 Å². The molecule has 5 heteroatoms.